The third-order valence-electron chi connectivity index (χ3n) is 2.35. The number of carbonyl (C=O) groups excluding carboxylic acids is 1. The smallest absolute Gasteiger partial charge is 0.336 e. The van der Waals surface area contributed by atoms with Crippen LogP contribution in [0.4, 0.5) is 0 Å². The molecular formula is C12H8ClO5-. The van der Waals surface area contributed by atoms with Crippen molar-refractivity contribution in [2.75, 3.05) is 6.61 Å². The van der Waals surface area contributed by atoms with Crippen LogP contribution in [0.15, 0.2) is 27.4 Å². The molecule has 0 spiro atoms. The van der Waals surface area contributed by atoms with E-state index < -0.39 is 18.2 Å². The highest BCUT2D eigenvalue weighted by molar-refractivity contribution is 6.32. The lowest BCUT2D eigenvalue weighted by Crippen LogP contribution is -2.29. The molecule has 0 bridgehead atoms. The lowest BCUT2D eigenvalue weighted by molar-refractivity contribution is -0.307. The quantitative estimate of drug-likeness (QED) is 0.772. The molecule has 2 aromatic rings. The predicted molar refractivity (Wildman–Crippen MR) is 62.7 cm³/mol. The van der Waals surface area contributed by atoms with Crippen molar-refractivity contribution in [3.8, 4) is 5.75 Å². The van der Waals surface area contributed by atoms with E-state index in [1.54, 1.807) is 13.0 Å². The molecule has 0 amide bonds. The van der Waals surface area contributed by atoms with Crippen LogP contribution in [0.25, 0.3) is 11.0 Å². The predicted octanol–water partition coefficient (Wildman–Crippen LogP) is 0.884. The van der Waals surface area contributed by atoms with Gasteiger partial charge >= 0.3 is 5.63 Å². The van der Waals surface area contributed by atoms with Gasteiger partial charge in [0.1, 0.15) is 17.9 Å². The fourth-order valence-corrected chi connectivity index (χ4v) is 1.79. The Bertz CT molecular complexity index is 674. The lowest BCUT2D eigenvalue weighted by Gasteiger charge is -2.09. The summed E-state index contributed by atoms with van der Waals surface area (Å²) in [6.07, 6.45) is 0. The molecule has 0 aliphatic heterocycles. The van der Waals surface area contributed by atoms with Crippen molar-refractivity contribution in [1.82, 2.24) is 0 Å². The van der Waals surface area contributed by atoms with Gasteiger partial charge in [-0.3, -0.25) is 0 Å². The Balaban J connectivity index is 2.53. The fourth-order valence-electron chi connectivity index (χ4n) is 1.57. The van der Waals surface area contributed by atoms with Crippen LogP contribution in [-0.4, -0.2) is 12.6 Å². The normalized spacial score (nSPS) is 10.6. The molecule has 0 aliphatic carbocycles. The SMILES string of the molecule is Cc1cc(=O)oc2cc(OCC(=O)[O-])c(Cl)cc12. The first-order chi connectivity index (χ1) is 8.47. The average molecular weight is 268 g/mol. The van der Waals surface area contributed by atoms with Gasteiger partial charge in [0.25, 0.3) is 0 Å². The monoisotopic (exact) mass is 267 g/mol. The van der Waals surface area contributed by atoms with Crippen LogP contribution in [0.2, 0.25) is 5.02 Å². The minimum atomic E-state index is -1.36. The van der Waals surface area contributed by atoms with Crippen molar-refractivity contribution in [2.45, 2.75) is 6.92 Å². The van der Waals surface area contributed by atoms with E-state index in [1.807, 2.05) is 0 Å². The number of carbonyl (C=O) groups is 1. The number of hydrogen-bond donors (Lipinski definition) is 0. The molecule has 0 atom stereocenters. The number of rotatable bonds is 3. The summed E-state index contributed by atoms with van der Waals surface area (Å²) >= 11 is 5.94. The van der Waals surface area contributed by atoms with Crippen molar-refractivity contribution in [2.24, 2.45) is 0 Å². The van der Waals surface area contributed by atoms with Crippen molar-refractivity contribution >= 4 is 28.5 Å². The molecule has 1 heterocycles. The molecule has 0 unspecified atom stereocenters. The number of carboxylic acids is 1. The highest BCUT2D eigenvalue weighted by Crippen LogP contribution is 2.30. The molecule has 0 radical (unpaired) electrons. The van der Waals surface area contributed by atoms with E-state index in [2.05, 4.69) is 0 Å². The topological polar surface area (TPSA) is 79.6 Å². The summed E-state index contributed by atoms with van der Waals surface area (Å²) in [5.74, 6) is -1.24. The molecular weight excluding hydrogens is 260 g/mol. The van der Waals surface area contributed by atoms with Gasteiger partial charge < -0.3 is 19.1 Å². The van der Waals surface area contributed by atoms with Gasteiger partial charge in [-0.25, -0.2) is 4.79 Å². The molecule has 0 aliphatic rings. The van der Waals surface area contributed by atoms with Crippen LogP contribution < -0.4 is 15.5 Å². The average Bonchev–Trinajstić information content (AvgIpc) is 2.27. The number of carboxylic acid groups (broad SMARTS) is 1. The largest absolute Gasteiger partial charge is 0.546 e. The van der Waals surface area contributed by atoms with Crippen LogP contribution in [0, 0.1) is 6.92 Å². The highest BCUT2D eigenvalue weighted by atomic mass is 35.5. The van der Waals surface area contributed by atoms with Crippen LogP contribution in [-0.2, 0) is 4.79 Å². The first-order valence-electron chi connectivity index (χ1n) is 5.04. The second-order valence-electron chi connectivity index (χ2n) is 3.69. The molecule has 5 nitrogen and oxygen atoms in total. The molecule has 0 saturated carbocycles. The van der Waals surface area contributed by atoms with Crippen LogP contribution >= 0.6 is 11.6 Å². The summed E-state index contributed by atoms with van der Waals surface area (Å²) in [6.45, 7) is 1.12. The first kappa shape index (κ1) is 12.4. The third-order valence-corrected chi connectivity index (χ3v) is 2.64. The zero-order chi connectivity index (χ0) is 13.3. The molecule has 2 rings (SSSR count). The molecule has 0 saturated heterocycles. The molecule has 0 N–H and O–H groups in total. The summed E-state index contributed by atoms with van der Waals surface area (Å²) in [7, 11) is 0. The zero-order valence-electron chi connectivity index (χ0n) is 9.36. The van der Waals surface area contributed by atoms with E-state index >= 15 is 0 Å². The number of fused-ring (bicyclic) bond motifs is 1. The van der Waals surface area contributed by atoms with Crippen LogP contribution in [0.1, 0.15) is 5.56 Å². The van der Waals surface area contributed by atoms with Crippen LogP contribution in [0.3, 0.4) is 0 Å². The van der Waals surface area contributed by atoms with Gasteiger partial charge in [0.2, 0.25) is 0 Å². The number of aryl methyl sites for hydroxylation is 1. The number of halogens is 1. The Labute approximate surface area is 107 Å². The van der Waals surface area contributed by atoms with Crippen molar-refractivity contribution in [3.05, 3.63) is 39.2 Å². The minimum absolute atomic E-state index is 0.127. The van der Waals surface area contributed by atoms with E-state index in [-0.39, 0.29) is 16.4 Å². The van der Waals surface area contributed by atoms with Gasteiger partial charge in [0.05, 0.1) is 11.0 Å². The maximum atomic E-state index is 11.2. The van der Waals surface area contributed by atoms with E-state index in [0.717, 1.165) is 5.56 Å². The standard InChI is InChI=1S/C12H9ClO5/c1-6-2-12(16)18-9-4-10(17-5-11(14)15)8(13)3-7(6)9/h2-4H,5H2,1H3,(H,14,15)/p-1. The molecule has 0 fully saturated rings. The van der Waals surface area contributed by atoms with Crippen molar-refractivity contribution in [3.63, 3.8) is 0 Å². The second-order valence-corrected chi connectivity index (χ2v) is 4.10. The summed E-state index contributed by atoms with van der Waals surface area (Å²) < 4.78 is 9.92. The van der Waals surface area contributed by atoms with Gasteiger partial charge in [-0.2, -0.15) is 0 Å². The van der Waals surface area contributed by atoms with Gasteiger partial charge in [0, 0.05) is 17.5 Å². The number of hydrogen-bond acceptors (Lipinski definition) is 5. The maximum absolute atomic E-state index is 11.2. The lowest BCUT2D eigenvalue weighted by atomic mass is 10.1. The Morgan fingerprint density at radius 1 is 1.44 bits per heavy atom. The molecule has 1 aromatic heterocycles. The summed E-state index contributed by atoms with van der Waals surface area (Å²) in [5, 5.41) is 11.2. The molecule has 18 heavy (non-hydrogen) atoms. The fraction of sp³-hybridized carbons (Fsp3) is 0.167. The van der Waals surface area contributed by atoms with E-state index in [1.165, 1.54) is 12.1 Å². The molecule has 1 aromatic carbocycles. The summed E-state index contributed by atoms with van der Waals surface area (Å²) in [4.78, 5) is 21.5. The number of aliphatic carboxylic acids is 1. The van der Waals surface area contributed by atoms with Gasteiger partial charge in [-0.15, -0.1) is 0 Å². The summed E-state index contributed by atoms with van der Waals surface area (Å²) in [5.41, 5.74) is 0.514. The third kappa shape index (κ3) is 2.46. The Morgan fingerprint density at radius 2 is 2.17 bits per heavy atom. The van der Waals surface area contributed by atoms with Crippen molar-refractivity contribution < 1.29 is 19.1 Å². The zero-order valence-corrected chi connectivity index (χ0v) is 10.1. The van der Waals surface area contributed by atoms with E-state index in [0.29, 0.717) is 5.39 Å². The summed E-state index contributed by atoms with van der Waals surface area (Å²) in [6, 6.07) is 4.29. The molecule has 6 heteroatoms. The highest BCUT2D eigenvalue weighted by Gasteiger charge is 2.09. The van der Waals surface area contributed by atoms with Gasteiger partial charge in [-0.05, 0) is 18.6 Å². The van der Waals surface area contributed by atoms with E-state index in [4.69, 9.17) is 20.8 Å². The Morgan fingerprint density at radius 3 is 2.83 bits per heavy atom. The van der Waals surface area contributed by atoms with E-state index in [9.17, 15) is 14.7 Å². The maximum Gasteiger partial charge on any atom is 0.336 e. The van der Waals surface area contributed by atoms with Crippen molar-refractivity contribution in [1.29, 1.82) is 0 Å². The van der Waals surface area contributed by atoms with Gasteiger partial charge in [-0.1, -0.05) is 11.6 Å². The number of benzene rings is 1. The Hall–Kier alpha value is -2.01. The second kappa shape index (κ2) is 4.70. The first-order valence-corrected chi connectivity index (χ1v) is 5.42. The van der Waals surface area contributed by atoms with Crippen LogP contribution in [0.5, 0.6) is 5.75 Å². The molecule has 94 valence electrons. The Kier molecular flexibility index (Phi) is 3.25. The van der Waals surface area contributed by atoms with Gasteiger partial charge in [0.15, 0.2) is 0 Å². The number of ether oxygens (including phenoxy) is 1. The minimum Gasteiger partial charge on any atom is -0.546 e.